The van der Waals surface area contributed by atoms with Crippen molar-refractivity contribution in [1.29, 1.82) is 0 Å². The number of ether oxygens (including phenoxy) is 4. The molecule has 2 N–H and O–H groups in total. The molecule has 0 aliphatic carbocycles. The minimum atomic E-state index is 0.151. The third kappa shape index (κ3) is 52.4. The third-order valence-corrected chi connectivity index (χ3v) is 1.42. The molecule has 0 rings (SSSR count). The Hall–Kier alpha value is -0.240. The van der Waals surface area contributed by atoms with Crippen LogP contribution in [0.2, 0.25) is 0 Å². The van der Waals surface area contributed by atoms with Crippen molar-refractivity contribution in [3.05, 3.63) is 0 Å². The molecular formula is C14H36O6. The second-order valence-electron chi connectivity index (χ2n) is 3.69. The third-order valence-electron chi connectivity index (χ3n) is 1.42. The molecule has 20 heavy (non-hydrogen) atoms. The molecule has 0 bridgehead atoms. The lowest BCUT2D eigenvalue weighted by atomic mass is 10.4. The molecule has 0 spiro atoms. The van der Waals surface area contributed by atoms with Gasteiger partial charge >= 0.3 is 0 Å². The lowest BCUT2D eigenvalue weighted by Crippen LogP contribution is -2.21. The summed E-state index contributed by atoms with van der Waals surface area (Å²) in [5.41, 5.74) is 0. The van der Waals surface area contributed by atoms with Crippen molar-refractivity contribution in [2.24, 2.45) is 0 Å². The summed E-state index contributed by atoms with van der Waals surface area (Å²) in [6.45, 7) is 9.07. The first-order valence-corrected chi connectivity index (χ1v) is 6.70. The highest BCUT2D eigenvalue weighted by Crippen LogP contribution is 1.95. The van der Waals surface area contributed by atoms with Gasteiger partial charge in [0, 0.05) is 41.7 Å². The number of hydrogen-bond donors (Lipinski definition) is 2. The predicted octanol–water partition coefficient (Wildman–Crippen LogP) is 1.33. The number of rotatable bonds is 6. The molecular weight excluding hydrogens is 264 g/mol. The zero-order valence-electron chi connectivity index (χ0n) is 14.5. The Kier molecular flexibility index (Phi) is 43.8. The maximum absolute atomic E-state index is 7.57. The van der Waals surface area contributed by atoms with Crippen LogP contribution < -0.4 is 0 Å². The van der Waals surface area contributed by atoms with Crippen LogP contribution in [0.1, 0.15) is 27.7 Å². The molecule has 128 valence electrons. The predicted molar refractivity (Wildman–Crippen MR) is 82.2 cm³/mol. The first kappa shape index (κ1) is 28.0. The van der Waals surface area contributed by atoms with Gasteiger partial charge in [0.2, 0.25) is 0 Å². The van der Waals surface area contributed by atoms with Gasteiger partial charge in [-0.3, -0.25) is 0 Å². The highest BCUT2D eigenvalue weighted by molar-refractivity contribution is 4.50. The lowest BCUT2D eigenvalue weighted by molar-refractivity contribution is -0.0386. The van der Waals surface area contributed by atoms with E-state index in [1.807, 2.05) is 13.8 Å². The number of methoxy groups -OCH3 is 3. The Bertz CT molecular complexity index is 119. The fourth-order valence-corrected chi connectivity index (χ4v) is 0.651. The first-order chi connectivity index (χ1) is 9.44. The summed E-state index contributed by atoms with van der Waals surface area (Å²) >= 11 is 0. The van der Waals surface area contributed by atoms with Crippen LogP contribution in [0.4, 0.5) is 0 Å². The van der Waals surface area contributed by atoms with Gasteiger partial charge in [0.1, 0.15) is 0 Å². The maximum Gasteiger partial charge on any atom is 0.0781 e. The van der Waals surface area contributed by atoms with Gasteiger partial charge < -0.3 is 29.2 Å². The molecule has 0 aromatic rings. The smallest absolute Gasteiger partial charge is 0.0781 e. The van der Waals surface area contributed by atoms with Crippen LogP contribution in [-0.2, 0) is 18.9 Å². The highest BCUT2D eigenvalue weighted by Gasteiger charge is 2.04. The molecule has 6 heteroatoms. The normalized spacial score (nSPS) is 11.7. The molecule has 0 amide bonds. The summed E-state index contributed by atoms with van der Waals surface area (Å²) in [4.78, 5) is 0. The fraction of sp³-hybridized carbons (Fsp3) is 1.00. The van der Waals surface area contributed by atoms with Crippen molar-refractivity contribution in [2.75, 3.05) is 54.9 Å². The zero-order valence-corrected chi connectivity index (χ0v) is 14.5. The summed E-state index contributed by atoms with van der Waals surface area (Å²) in [6.07, 6.45) is 0.312. The van der Waals surface area contributed by atoms with Crippen molar-refractivity contribution in [3.8, 4) is 0 Å². The van der Waals surface area contributed by atoms with Crippen LogP contribution in [0, 0.1) is 0 Å². The van der Waals surface area contributed by atoms with E-state index in [1.165, 1.54) is 0 Å². The van der Waals surface area contributed by atoms with Gasteiger partial charge in [-0.15, -0.1) is 0 Å². The van der Waals surface area contributed by atoms with Gasteiger partial charge in [-0.25, -0.2) is 0 Å². The van der Waals surface area contributed by atoms with E-state index in [0.29, 0.717) is 13.2 Å². The van der Waals surface area contributed by atoms with Crippen LogP contribution in [0.25, 0.3) is 0 Å². The average Bonchev–Trinajstić information content (AvgIpc) is 2.39. The van der Waals surface area contributed by atoms with Gasteiger partial charge in [-0.05, 0) is 27.7 Å². The number of aliphatic hydroxyl groups is 2. The van der Waals surface area contributed by atoms with E-state index in [4.69, 9.17) is 24.4 Å². The minimum Gasteiger partial charge on any atom is -0.397 e. The summed E-state index contributed by atoms with van der Waals surface area (Å²) in [6, 6.07) is 0. The number of hydrogen-bond acceptors (Lipinski definition) is 6. The van der Waals surface area contributed by atoms with E-state index in [0.717, 1.165) is 0 Å². The molecule has 0 aromatic heterocycles. The standard InChI is InChI=1S/C8H18O3.3C2H6O/c1-7(10-4)6-11-8(2)5-9-3;1-3-2;2*1-2-3/h7-8H,5-6H2,1-4H3;1-2H3;2*3H,2H2,1H3. The van der Waals surface area contributed by atoms with Crippen molar-refractivity contribution >= 4 is 0 Å². The molecule has 2 unspecified atom stereocenters. The Labute approximate surface area is 125 Å². The molecule has 0 aliphatic rings. The van der Waals surface area contributed by atoms with Crippen LogP contribution in [0.15, 0.2) is 0 Å². The van der Waals surface area contributed by atoms with Gasteiger partial charge in [-0.2, -0.15) is 0 Å². The van der Waals surface area contributed by atoms with Crippen LogP contribution in [0.5, 0.6) is 0 Å². The molecule has 0 saturated heterocycles. The molecule has 0 aliphatic heterocycles. The van der Waals surface area contributed by atoms with Crippen LogP contribution in [0.3, 0.4) is 0 Å². The van der Waals surface area contributed by atoms with Crippen molar-refractivity contribution in [2.45, 2.75) is 39.9 Å². The van der Waals surface area contributed by atoms with Crippen LogP contribution >= 0.6 is 0 Å². The molecule has 0 fully saturated rings. The van der Waals surface area contributed by atoms with Crippen molar-refractivity contribution in [1.82, 2.24) is 0 Å². The van der Waals surface area contributed by atoms with Gasteiger partial charge in [0.05, 0.1) is 25.4 Å². The maximum atomic E-state index is 7.57. The quantitative estimate of drug-likeness (QED) is 0.770. The second-order valence-corrected chi connectivity index (χ2v) is 3.69. The van der Waals surface area contributed by atoms with E-state index in [1.54, 1.807) is 42.3 Å². The highest BCUT2D eigenvalue weighted by atomic mass is 16.5. The SMILES string of the molecule is CCO.CCO.COC.COCC(C)OCC(C)OC. The molecule has 0 aromatic carbocycles. The summed E-state index contributed by atoms with van der Waals surface area (Å²) < 4.78 is 19.6. The van der Waals surface area contributed by atoms with E-state index in [2.05, 4.69) is 4.74 Å². The Balaban J connectivity index is -0.000000117. The average molecular weight is 300 g/mol. The van der Waals surface area contributed by atoms with E-state index >= 15 is 0 Å². The molecule has 6 nitrogen and oxygen atoms in total. The summed E-state index contributed by atoms with van der Waals surface area (Å²) in [5, 5.41) is 15.1. The molecule has 0 radical (unpaired) electrons. The van der Waals surface area contributed by atoms with Gasteiger partial charge in [0.15, 0.2) is 0 Å². The molecule has 0 heterocycles. The fourth-order valence-electron chi connectivity index (χ4n) is 0.651. The van der Waals surface area contributed by atoms with Crippen molar-refractivity contribution in [3.63, 3.8) is 0 Å². The first-order valence-electron chi connectivity index (χ1n) is 6.70. The molecule has 2 atom stereocenters. The zero-order chi connectivity index (χ0) is 16.8. The number of aliphatic hydroxyl groups excluding tert-OH is 2. The van der Waals surface area contributed by atoms with E-state index in [9.17, 15) is 0 Å². The van der Waals surface area contributed by atoms with Crippen LogP contribution in [-0.4, -0.2) is 77.3 Å². The Morgan fingerprint density at radius 2 is 1.15 bits per heavy atom. The Morgan fingerprint density at radius 1 is 0.800 bits per heavy atom. The summed E-state index contributed by atoms with van der Waals surface area (Å²) in [5.74, 6) is 0. The summed E-state index contributed by atoms with van der Waals surface area (Å²) in [7, 11) is 6.59. The van der Waals surface area contributed by atoms with Gasteiger partial charge in [0.25, 0.3) is 0 Å². The van der Waals surface area contributed by atoms with E-state index < -0.39 is 0 Å². The largest absolute Gasteiger partial charge is 0.397 e. The minimum absolute atomic E-state index is 0.151. The topological polar surface area (TPSA) is 77.4 Å². The van der Waals surface area contributed by atoms with Crippen molar-refractivity contribution < 1.29 is 29.2 Å². The monoisotopic (exact) mass is 300 g/mol. The van der Waals surface area contributed by atoms with E-state index in [-0.39, 0.29) is 25.4 Å². The molecule has 0 saturated carbocycles. The van der Waals surface area contributed by atoms with Gasteiger partial charge in [-0.1, -0.05) is 0 Å². The lowest BCUT2D eigenvalue weighted by Gasteiger charge is -2.14. The second kappa shape index (κ2) is 31.3. The Morgan fingerprint density at radius 3 is 1.40 bits per heavy atom.